The van der Waals surface area contributed by atoms with E-state index in [1.807, 2.05) is 0 Å². The third-order valence-electron chi connectivity index (χ3n) is 3.43. The van der Waals surface area contributed by atoms with Gasteiger partial charge in [0, 0.05) is 23.5 Å². The van der Waals surface area contributed by atoms with E-state index in [1.165, 1.54) is 18.2 Å². The molecule has 0 aliphatic rings. The number of fused-ring (bicyclic) bond motifs is 1. The van der Waals surface area contributed by atoms with Crippen molar-refractivity contribution in [2.24, 2.45) is 0 Å². The van der Waals surface area contributed by atoms with Crippen LogP contribution in [0.5, 0.6) is 0 Å². The van der Waals surface area contributed by atoms with Gasteiger partial charge in [0.25, 0.3) is 0 Å². The van der Waals surface area contributed by atoms with Gasteiger partial charge in [-0.05, 0) is 35.9 Å². The second-order valence-corrected chi connectivity index (χ2v) is 4.95. The summed E-state index contributed by atoms with van der Waals surface area (Å²) in [6, 6.07) is 12.4. The van der Waals surface area contributed by atoms with Crippen molar-refractivity contribution in [2.45, 2.75) is 13.0 Å². The highest BCUT2D eigenvalue weighted by atomic mass is 19.1. The normalized spacial score (nSPS) is 11.0. The maximum absolute atomic E-state index is 13.5. The molecule has 0 radical (unpaired) electrons. The van der Waals surface area contributed by atoms with E-state index in [0.29, 0.717) is 5.56 Å². The van der Waals surface area contributed by atoms with Crippen LogP contribution in [-0.2, 0) is 17.8 Å². The summed E-state index contributed by atoms with van der Waals surface area (Å²) >= 11 is 0. The molecule has 3 rings (SSSR count). The van der Waals surface area contributed by atoms with Crippen LogP contribution in [0.2, 0.25) is 0 Å². The molecule has 3 aromatic rings. The van der Waals surface area contributed by atoms with E-state index in [4.69, 9.17) is 0 Å². The minimum atomic E-state index is -0.370. The Kier molecular flexibility index (Phi) is 3.52. The molecule has 106 valence electrons. The Morgan fingerprint density at radius 2 is 1.86 bits per heavy atom. The summed E-state index contributed by atoms with van der Waals surface area (Å²) < 4.78 is 28.4. The Bertz CT molecular complexity index is 807. The van der Waals surface area contributed by atoms with Crippen molar-refractivity contribution < 1.29 is 13.6 Å². The summed E-state index contributed by atoms with van der Waals surface area (Å²) in [4.78, 5) is 12.1. The molecule has 2 aromatic carbocycles. The van der Waals surface area contributed by atoms with Gasteiger partial charge in [-0.1, -0.05) is 18.2 Å². The third kappa shape index (κ3) is 2.84. The van der Waals surface area contributed by atoms with Gasteiger partial charge in [-0.3, -0.25) is 4.79 Å². The van der Waals surface area contributed by atoms with Crippen LogP contribution in [0, 0.1) is 11.6 Å². The van der Waals surface area contributed by atoms with E-state index < -0.39 is 0 Å². The van der Waals surface area contributed by atoms with Crippen LogP contribution in [0.4, 0.5) is 8.78 Å². The first kappa shape index (κ1) is 13.5. The van der Waals surface area contributed by atoms with Crippen LogP contribution in [-0.4, -0.2) is 10.4 Å². The van der Waals surface area contributed by atoms with Crippen LogP contribution in [0.25, 0.3) is 10.9 Å². The van der Waals surface area contributed by atoms with Gasteiger partial charge in [-0.15, -0.1) is 0 Å². The first-order chi connectivity index (χ1) is 10.1. The molecular weight excluding hydrogens is 272 g/mol. The fourth-order valence-corrected chi connectivity index (χ4v) is 2.41. The molecule has 0 amide bonds. The summed E-state index contributed by atoms with van der Waals surface area (Å²) in [5.74, 6) is -0.773. The molecule has 0 unspecified atom stereocenters. The maximum atomic E-state index is 13.5. The highest BCUT2D eigenvalue weighted by Gasteiger charge is 2.10. The summed E-state index contributed by atoms with van der Waals surface area (Å²) in [7, 11) is 0. The van der Waals surface area contributed by atoms with Gasteiger partial charge in [0.1, 0.15) is 11.6 Å². The third-order valence-corrected chi connectivity index (χ3v) is 3.43. The number of hydrogen-bond acceptors (Lipinski definition) is 1. The summed E-state index contributed by atoms with van der Waals surface area (Å²) in [5.41, 5.74) is 1.18. The van der Waals surface area contributed by atoms with E-state index in [0.717, 1.165) is 10.9 Å². The molecule has 0 N–H and O–H groups in total. The maximum Gasteiger partial charge on any atom is 0.156 e. The molecule has 0 aliphatic carbocycles. The Morgan fingerprint density at radius 1 is 1.05 bits per heavy atom. The number of nitrogens with zero attached hydrogens (tertiary/aromatic N) is 1. The van der Waals surface area contributed by atoms with Gasteiger partial charge in [0.15, 0.2) is 5.78 Å². The quantitative estimate of drug-likeness (QED) is 0.716. The van der Waals surface area contributed by atoms with Crippen molar-refractivity contribution in [3.8, 4) is 0 Å². The second kappa shape index (κ2) is 5.48. The zero-order valence-electron chi connectivity index (χ0n) is 11.2. The second-order valence-electron chi connectivity index (χ2n) is 4.95. The SMILES string of the molecule is O=C(Cc1ccccc1F)Cn1ccc2cc(F)ccc21. The van der Waals surface area contributed by atoms with Crippen LogP contribution in [0.3, 0.4) is 0 Å². The highest BCUT2D eigenvalue weighted by molar-refractivity contribution is 5.85. The average molecular weight is 285 g/mol. The van der Waals surface area contributed by atoms with Crippen molar-refractivity contribution in [1.29, 1.82) is 0 Å². The Labute approximate surface area is 120 Å². The molecule has 0 atom stereocenters. The molecule has 0 saturated heterocycles. The lowest BCUT2D eigenvalue weighted by atomic mass is 10.1. The first-order valence-electron chi connectivity index (χ1n) is 6.63. The molecule has 21 heavy (non-hydrogen) atoms. The van der Waals surface area contributed by atoms with Gasteiger partial charge >= 0.3 is 0 Å². The minimum absolute atomic E-state index is 0.0491. The Hall–Kier alpha value is -2.49. The highest BCUT2D eigenvalue weighted by Crippen LogP contribution is 2.17. The van der Waals surface area contributed by atoms with Gasteiger partial charge in [-0.25, -0.2) is 8.78 Å². The molecule has 0 fully saturated rings. The predicted molar refractivity (Wildman–Crippen MR) is 77.0 cm³/mol. The molecule has 0 aliphatic heterocycles. The molecule has 0 spiro atoms. The smallest absolute Gasteiger partial charge is 0.156 e. The van der Waals surface area contributed by atoms with Crippen molar-refractivity contribution in [2.75, 3.05) is 0 Å². The number of rotatable bonds is 4. The van der Waals surface area contributed by atoms with Crippen LogP contribution >= 0.6 is 0 Å². The zero-order valence-corrected chi connectivity index (χ0v) is 11.2. The van der Waals surface area contributed by atoms with E-state index in [9.17, 15) is 13.6 Å². The fourth-order valence-electron chi connectivity index (χ4n) is 2.41. The number of hydrogen-bond donors (Lipinski definition) is 0. The fraction of sp³-hybridized carbons (Fsp3) is 0.118. The minimum Gasteiger partial charge on any atom is -0.340 e. The number of ketones is 1. The standard InChI is InChI=1S/C17H13F2NO/c18-14-5-6-17-13(9-14)7-8-20(17)11-15(21)10-12-3-1-2-4-16(12)19/h1-9H,10-11H2. The summed E-state index contributed by atoms with van der Waals surface area (Å²) in [5, 5.41) is 0.744. The van der Waals surface area contributed by atoms with Gasteiger partial charge in [0.2, 0.25) is 0 Å². The topological polar surface area (TPSA) is 22.0 Å². The molecule has 1 heterocycles. The van der Waals surface area contributed by atoms with Crippen molar-refractivity contribution in [1.82, 2.24) is 4.57 Å². The predicted octanol–water partition coefficient (Wildman–Crippen LogP) is 3.73. The first-order valence-corrected chi connectivity index (χ1v) is 6.63. The molecule has 4 heteroatoms. The lowest BCUT2D eigenvalue weighted by molar-refractivity contribution is -0.118. The molecular formula is C17H13F2NO. The largest absolute Gasteiger partial charge is 0.340 e. The van der Waals surface area contributed by atoms with Gasteiger partial charge in [0.05, 0.1) is 6.54 Å². The lowest BCUT2D eigenvalue weighted by Gasteiger charge is -2.06. The van der Waals surface area contributed by atoms with Crippen molar-refractivity contribution >= 4 is 16.7 Å². The van der Waals surface area contributed by atoms with Crippen molar-refractivity contribution in [3.05, 3.63) is 71.9 Å². The number of halogens is 2. The van der Waals surface area contributed by atoms with Crippen LogP contribution in [0.1, 0.15) is 5.56 Å². The number of carbonyl (C=O) groups is 1. The van der Waals surface area contributed by atoms with Gasteiger partial charge in [-0.2, -0.15) is 0 Å². The zero-order chi connectivity index (χ0) is 14.8. The Balaban J connectivity index is 1.79. The molecule has 0 saturated carbocycles. The molecule has 2 nitrogen and oxygen atoms in total. The summed E-state index contributed by atoms with van der Waals surface area (Å²) in [6.45, 7) is 0.142. The van der Waals surface area contributed by atoms with Crippen molar-refractivity contribution in [3.63, 3.8) is 0 Å². The number of aromatic nitrogens is 1. The van der Waals surface area contributed by atoms with E-state index in [2.05, 4.69) is 0 Å². The van der Waals surface area contributed by atoms with E-state index in [1.54, 1.807) is 41.1 Å². The van der Waals surface area contributed by atoms with Crippen LogP contribution in [0.15, 0.2) is 54.7 Å². The number of carbonyl (C=O) groups excluding carboxylic acids is 1. The van der Waals surface area contributed by atoms with E-state index in [-0.39, 0.29) is 30.4 Å². The van der Waals surface area contributed by atoms with Gasteiger partial charge < -0.3 is 4.57 Å². The monoisotopic (exact) mass is 285 g/mol. The number of Topliss-reactive ketones (excluding diaryl/α,β-unsaturated/α-hetero) is 1. The van der Waals surface area contributed by atoms with Crippen LogP contribution < -0.4 is 0 Å². The average Bonchev–Trinajstić information content (AvgIpc) is 2.83. The lowest BCUT2D eigenvalue weighted by Crippen LogP contribution is -2.12. The number of benzene rings is 2. The van der Waals surface area contributed by atoms with E-state index >= 15 is 0 Å². The Morgan fingerprint density at radius 3 is 2.67 bits per heavy atom. The molecule has 1 aromatic heterocycles. The summed E-state index contributed by atoms with van der Waals surface area (Å²) in [6.07, 6.45) is 1.79. The molecule has 0 bridgehead atoms.